The Morgan fingerprint density at radius 2 is 1.87 bits per heavy atom. The number of amides is 1. The van der Waals surface area contributed by atoms with E-state index in [1.54, 1.807) is 35.0 Å². The number of hydrogen-bond acceptors (Lipinski definition) is 3. The van der Waals surface area contributed by atoms with Gasteiger partial charge in [-0.15, -0.1) is 0 Å². The van der Waals surface area contributed by atoms with E-state index in [1.165, 1.54) is 10.5 Å². The zero-order valence-corrected chi connectivity index (χ0v) is 17.9. The number of hydrogen-bond donors (Lipinski definition) is 0. The summed E-state index contributed by atoms with van der Waals surface area (Å²) in [5, 5.41) is 10.2. The summed E-state index contributed by atoms with van der Waals surface area (Å²) >= 11 is 3.37. The summed E-state index contributed by atoms with van der Waals surface area (Å²) in [6, 6.07) is 17.8. The van der Waals surface area contributed by atoms with E-state index in [4.69, 9.17) is 0 Å². The zero-order chi connectivity index (χ0) is 21.4. The summed E-state index contributed by atoms with van der Waals surface area (Å²) in [7, 11) is 0. The van der Waals surface area contributed by atoms with Crippen LogP contribution in [0.15, 0.2) is 75.1 Å². The fourth-order valence-electron chi connectivity index (χ4n) is 3.51. The zero-order valence-electron chi connectivity index (χ0n) is 16.3. The molecule has 7 heteroatoms. The van der Waals surface area contributed by atoms with Gasteiger partial charge in [-0.05, 0) is 66.2 Å². The third kappa shape index (κ3) is 3.25. The highest BCUT2D eigenvalue weighted by Crippen LogP contribution is 2.19. The van der Waals surface area contributed by atoms with E-state index in [0.29, 0.717) is 20.9 Å². The first-order chi connectivity index (χ1) is 14.4. The number of aromatic nitrogens is 2. The summed E-state index contributed by atoms with van der Waals surface area (Å²) in [6.45, 7) is 3.85. The Balaban J connectivity index is 2.14. The Labute approximate surface area is 180 Å². The van der Waals surface area contributed by atoms with Crippen molar-refractivity contribution in [2.45, 2.75) is 19.9 Å². The molecule has 0 N–H and O–H groups in total. The number of rotatable bonds is 2. The molecule has 0 atom stereocenters. The lowest BCUT2D eigenvalue weighted by molar-refractivity contribution is 0.0996. The molecule has 0 saturated heterocycles. The van der Waals surface area contributed by atoms with Crippen molar-refractivity contribution in [3.8, 4) is 6.07 Å². The second-order valence-electron chi connectivity index (χ2n) is 7.10. The molecule has 0 aliphatic rings. The van der Waals surface area contributed by atoms with Gasteiger partial charge in [-0.3, -0.25) is 14.0 Å². The van der Waals surface area contributed by atoms with Gasteiger partial charge in [0.15, 0.2) is 5.49 Å². The van der Waals surface area contributed by atoms with Crippen LogP contribution in [0.2, 0.25) is 0 Å². The molecule has 0 fully saturated rings. The van der Waals surface area contributed by atoms with E-state index < -0.39 is 5.91 Å². The number of nitrogens with zero attached hydrogens (tertiary/aromatic N) is 4. The van der Waals surface area contributed by atoms with Gasteiger partial charge in [0.25, 0.3) is 11.5 Å². The Bertz CT molecular complexity index is 1490. The van der Waals surface area contributed by atoms with E-state index >= 15 is 0 Å². The lowest BCUT2D eigenvalue weighted by Crippen LogP contribution is -2.29. The van der Waals surface area contributed by atoms with Crippen LogP contribution in [0.1, 0.15) is 35.8 Å². The number of halogens is 1. The van der Waals surface area contributed by atoms with E-state index in [9.17, 15) is 14.9 Å². The van der Waals surface area contributed by atoms with Crippen molar-refractivity contribution >= 4 is 38.3 Å². The second-order valence-corrected chi connectivity index (χ2v) is 7.95. The van der Waals surface area contributed by atoms with Gasteiger partial charge in [0.1, 0.15) is 6.07 Å². The highest BCUT2D eigenvalue weighted by atomic mass is 79.9. The molecule has 1 aromatic carbocycles. The molecular formula is C23H17BrN4O2. The summed E-state index contributed by atoms with van der Waals surface area (Å²) in [5.41, 5.74) is 1.93. The predicted molar refractivity (Wildman–Crippen MR) is 118 cm³/mol. The molecule has 4 aromatic rings. The summed E-state index contributed by atoms with van der Waals surface area (Å²) < 4.78 is 3.94. The van der Waals surface area contributed by atoms with Crippen LogP contribution >= 0.6 is 15.9 Å². The van der Waals surface area contributed by atoms with Crippen molar-refractivity contribution in [3.63, 3.8) is 0 Å². The van der Waals surface area contributed by atoms with Gasteiger partial charge in [0.05, 0.1) is 27.5 Å². The van der Waals surface area contributed by atoms with Crippen LogP contribution in [0.4, 0.5) is 0 Å². The number of fused-ring (bicyclic) bond motifs is 2. The fraction of sp³-hybridized carbons (Fsp3) is 0.130. The number of pyridine rings is 3. The summed E-state index contributed by atoms with van der Waals surface area (Å²) in [4.78, 5) is 30.3. The lowest BCUT2D eigenvalue weighted by Gasteiger charge is -2.17. The molecule has 0 saturated carbocycles. The highest BCUT2D eigenvalue weighted by Gasteiger charge is 2.16. The Hall–Kier alpha value is -3.50. The topological polar surface area (TPSA) is 79.6 Å². The van der Waals surface area contributed by atoms with Gasteiger partial charge in [0.2, 0.25) is 0 Å². The number of nitriles is 1. The maximum absolute atomic E-state index is 13.1. The molecule has 3 heterocycles. The molecule has 0 unspecified atom stereocenters. The third-order valence-corrected chi connectivity index (χ3v) is 5.56. The van der Waals surface area contributed by atoms with Crippen molar-refractivity contribution in [2.75, 3.05) is 0 Å². The van der Waals surface area contributed by atoms with E-state index in [2.05, 4.69) is 27.0 Å². The van der Waals surface area contributed by atoms with Crippen molar-refractivity contribution in [1.82, 2.24) is 8.97 Å². The quantitative estimate of drug-likeness (QED) is 0.420. The van der Waals surface area contributed by atoms with Crippen molar-refractivity contribution < 1.29 is 4.79 Å². The number of carbonyl (C=O) groups is 1. The Morgan fingerprint density at radius 1 is 1.13 bits per heavy atom. The first kappa shape index (κ1) is 19.8. The fourth-order valence-corrected chi connectivity index (χ4v) is 3.97. The maximum Gasteiger partial charge on any atom is 0.280 e. The molecule has 1 amide bonds. The predicted octanol–water partition coefficient (Wildman–Crippen LogP) is 4.21. The Morgan fingerprint density at radius 3 is 2.57 bits per heavy atom. The molecule has 3 aromatic heterocycles. The number of benzene rings is 1. The molecule has 0 bridgehead atoms. The van der Waals surface area contributed by atoms with Gasteiger partial charge >= 0.3 is 0 Å². The minimum absolute atomic E-state index is 0.142. The van der Waals surface area contributed by atoms with E-state index in [0.717, 1.165) is 5.52 Å². The van der Waals surface area contributed by atoms with Crippen molar-refractivity contribution in [2.24, 2.45) is 4.99 Å². The minimum Gasteiger partial charge on any atom is -0.322 e. The third-order valence-electron chi connectivity index (χ3n) is 4.87. The lowest BCUT2D eigenvalue weighted by atomic mass is 10.1. The maximum atomic E-state index is 13.1. The average Bonchev–Trinajstić information content (AvgIpc) is 2.73. The Kier molecular flexibility index (Phi) is 5.10. The van der Waals surface area contributed by atoms with Gasteiger partial charge in [-0.1, -0.05) is 18.2 Å². The van der Waals surface area contributed by atoms with Crippen LogP contribution in [0.5, 0.6) is 0 Å². The standard InChI is InChI=1S/C23H17BrN4O2/c1-14(2)28-20-12-16-7-5-6-10-27(16)23(30)18(20)11-15(13-25)21(28)26-22(29)17-8-3-4-9-19(17)24/h3-12,14H,1-2H3. The molecule has 0 aliphatic carbocycles. The molecule has 4 rings (SSSR count). The van der Waals surface area contributed by atoms with Gasteiger partial charge in [0, 0.05) is 16.7 Å². The van der Waals surface area contributed by atoms with Crippen LogP contribution in [0.25, 0.3) is 16.4 Å². The first-order valence-corrected chi connectivity index (χ1v) is 10.1. The van der Waals surface area contributed by atoms with E-state index in [-0.39, 0.29) is 22.7 Å². The largest absolute Gasteiger partial charge is 0.322 e. The average molecular weight is 461 g/mol. The van der Waals surface area contributed by atoms with E-state index in [1.807, 2.05) is 38.1 Å². The normalized spacial score (nSPS) is 11.9. The van der Waals surface area contributed by atoms with Crippen molar-refractivity contribution in [1.29, 1.82) is 5.26 Å². The second kappa shape index (κ2) is 7.73. The summed E-state index contributed by atoms with van der Waals surface area (Å²) in [5.74, 6) is -0.467. The van der Waals surface area contributed by atoms with Crippen LogP contribution in [-0.4, -0.2) is 14.9 Å². The van der Waals surface area contributed by atoms with Crippen LogP contribution in [0, 0.1) is 11.3 Å². The SMILES string of the molecule is CC(C)n1c(=NC(=O)c2ccccc2Br)c(C#N)cc2c(=O)n3ccccc3cc21. The first-order valence-electron chi connectivity index (χ1n) is 9.35. The molecule has 30 heavy (non-hydrogen) atoms. The summed E-state index contributed by atoms with van der Waals surface area (Å²) in [6.07, 6.45) is 1.69. The van der Waals surface area contributed by atoms with Crippen LogP contribution in [-0.2, 0) is 0 Å². The molecule has 0 radical (unpaired) electrons. The van der Waals surface area contributed by atoms with Gasteiger partial charge < -0.3 is 4.57 Å². The smallest absolute Gasteiger partial charge is 0.280 e. The molecule has 148 valence electrons. The molecule has 0 aliphatic heterocycles. The number of carbonyl (C=O) groups excluding carboxylic acids is 1. The molecular weight excluding hydrogens is 444 g/mol. The van der Waals surface area contributed by atoms with Gasteiger partial charge in [-0.2, -0.15) is 10.3 Å². The van der Waals surface area contributed by atoms with Gasteiger partial charge in [-0.25, -0.2) is 0 Å². The highest BCUT2D eigenvalue weighted by molar-refractivity contribution is 9.10. The minimum atomic E-state index is -0.467. The monoisotopic (exact) mass is 460 g/mol. The van der Waals surface area contributed by atoms with Crippen LogP contribution < -0.4 is 11.0 Å². The molecule has 6 nitrogen and oxygen atoms in total. The van der Waals surface area contributed by atoms with Crippen LogP contribution in [0.3, 0.4) is 0 Å². The van der Waals surface area contributed by atoms with Crippen molar-refractivity contribution in [3.05, 3.63) is 92.2 Å². The molecule has 0 spiro atoms.